The number of rotatable bonds is 5. The molecule has 2 aliphatic rings. The normalized spacial score (nSPS) is 22.9. The summed E-state index contributed by atoms with van der Waals surface area (Å²) in [5.41, 5.74) is 1.44. The van der Waals surface area contributed by atoms with Gasteiger partial charge in [0, 0.05) is 18.4 Å². The summed E-state index contributed by atoms with van der Waals surface area (Å²) in [6.07, 6.45) is 8.29. The second kappa shape index (κ2) is 7.36. The van der Waals surface area contributed by atoms with Crippen molar-refractivity contribution in [2.45, 2.75) is 70.4 Å². The number of aliphatic hydroxyl groups excluding tert-OH is 1. The Balaban J connectivity index is 1.63. The first-order valence-electron chi connectivity index (χ1n) is 10.5. The van der Waals surface area contributed by atoms with Crippen LogP contribution in [-0.2, 0) is 5.54 Å². The molecule has 0 bridgehead atoms. The number of aromatic nitrogens is 2. The highest BCUT2D eigenvalue weighted by atomic mass is 16.3. The molecule has 1 aliphatic carbocycles. The van der Waals surface area contributed by atoms with Crippen LogP contribution in [0.3, 0.4) is 0 Å². The summed E-state index contributed by atoms with van der Waals surface area (Å²) in [4.78, 5) is 13.3. The number of anilines is 1. The zero-order valence-corrected chi connectivity index (χ0v) is 16.9. The van der Waals surface area contributed by atoms with Gasteiger partial charge in [-0.1, -0.05) is 49.6 Å². The minimum atomic E-state index is -0.257. The third-order valence-corrected chi connectivity index (χ3v) is 6.64. The fourth-order valence-electron chi connectivity index (χ4n) is 4.97. The van der Waals surface area contributed by atoms with Gasteiger partial charge in [0.05, 0.1) is 23.3 Å². The number of carbonyl (C=O) groups excluding carboxylic acids is 1. The highest BCUT2D eigenvalue weighted by molar-refractivity contribution is 6.01. The Labute approximate surface area is 167 Å². The molecule has 2 heterocycles. The van der Waals surface area contributed by atoms with Crippen LogP contribution in [0.2, 0.25) is 0 Å². The highest BCUT2D eigenvalue weighted by Crippen LogP contribution is 2.43. The molecule has 0 amide bonds. The molecule has 0 saturated heterocycles. The smallest absolute Gasteiger partial charge is 0.168 e. The number of ketones is 1. The Morgan fingerprint density at radius 2 is 1.93 bits per heavy atom. The molecule has 1 saturated carbocycles. The lowest BCUT2D eigenvalue weighted by atomic mass is 9.71. The maximum Gasteiger partial charge on any atom is 0.168 e. The number of nitrogens with one attached hydrogen (secondary N) is 1. The summed E-state index contributed by atoms with van der Waals surface area (Å²) in [6, 6.07) is 10.5. The van der Waals surface area contributed by atoms with Crippen molar-refractivity contribution in [3.8, 4) is 0 Å². The number of hydrogen-bond donors (Lipinski definition) is 2. The third kappa shape index (κ3) is 3.48. The molecule has 1 atom stereocenters. The highest BCUT2D eigenvalue weighted by Gasteiger charge is 2.39. The minimum Gasteiger partial charge on any atom is -0.396 e. The fourth-order valence-corrected chi connectivity index (χ4v) is 4.97. The maximum absolute atomic E-state index is 13.3. The van der Waals surface area contributed by atoms with E-state index < -0.39 is 0 Å². The third-order valence-electron chi connectivity index (χ3n) is 6.64. The molecule has 1 fully saturated rings. The summed E-state index contributed by atoms with van der Waals surface area (Å²) in [7, 11) is 0. The monoisotopic (exact) mass is 381 g/mol. The van der Waals surface area contributed by atoms with E-state index in [4.69, 9.17) is 0 Å². The molecule has 1 aliphatic heterocycles. The van der Waals surface area contributed by atoms with E-state index in [-0.39, 0.29) is 29.4 Å². The lowest BCUT2D eigenvalue weighted by Gasteiger charge is -2.38. The largest absolute Gasteiger partial charge is 0.396 e. The standard InChI is InChI=1S/C23H31N3O2/c1-22(2)13-19(17-9-5-3-6-10-17)25-21-18(15-24-26(21)22)20(28)14-23(16-27)11-7-4-8-12-23/h3,5-6,9-10,15,19,25,27H,4,7-8,11-14,16H2,1-2H3. The lowest BCUT2D eigenvalue weighted by Crippen LogP contribution is -2.38. The molecule has 1 aromatic heterocycles. The summed E-state index contributed by atoms with van der Waals surface area (Å²) in [5, 5.41) is 18.2. The van der Waals surface area contributed by atoms with E-state index in [1.807, 2.05) is 10.7 Å². The molecule has 4 rings (SSSR count). The predicted octanol–water partition coefficient (Wildman–Crippen LogP) is 4.69. The Kier molecular flexibility index (Phi) is 5.04. The second-order valence-corrected chi connectivity index (χ2v) is 9.26. The van der Waals surface area contributed by atoms with Crippen molar-refractivity contribution in [3.05, 3.63) is 47.7 Å². The van der Waals surface area contributed by atoms with Crippen LogP contribution >= 0.6 is 0 Å². The zero-order valence-electron chi connectivity index (χ0n) is 16.9. The van der Waals surface area contributed by atoms with Crippen LogP contribution in [0.5, 0.6) is 0 Å². The molecular formula is C23H31N3O2. The summed E-state index contributed by atoms with van der Waals surface area (Å²) in [5.74, 6) is 0.910. The van der Waals surface area contributed by atoms with Gasteiger partial charge < -0.3 is 10.4 Å². The molecule has 2 N–H and O–H groups in total. The molecule has 1 unspecified atom stereocenters. The number of carbonyl (C=O) groups is 1. The molecule has 5 nitrogen and oxygen atoms in total. The van der Waals surface area contributed by atoms with Gasteiger partial charge in [0.1, 0.15) is 5.82 Å². The van der Waals surface area contributed by atoms with Crippen LogP contribution in [0.15, 0.2) is 36.5 Å². The minimum absolute atomic E-state index is 0.0910. The van der Waals surface area contributed by atoms with Crippen molar-refractivity contribution in [2.24, 2.45) is 5.41 Å². The maximum atomic E-state index is 13.3. The van der Waals surface area contributed by atoms with Crippen molar-refractivity contribution in [3.63, 3.8) is 0 Å². The molecular weight excluding hydrogens is 350 g/mol. The van der Waals surface area contributed by atoms with Crippen molar-refractivity contribution in [2.75, 3.05) is 11.9 Å². The number of fused-ring (bicyclic) bond motifs is 1. The van der Waals surface area contributed by atoms with Crippen molar-refractivity contribution >= 4 is 11.6 Å². The first-order valence-corrected chi connectivity index (χ1v) is 10.5. The Morgan fingerprint density at radius 1 is 1.21 bits per heavy atom. The van der Waals surface area contributed by atoms with Gasteiger partial charge in [0.15, 0.2) is 5.78 Å². The van der Waals surface area contributed by atoms with Crippen molar-refractivity contribution in [1.29, 1.82) is 0 Å². The van der Waals surface area contributed by atoms with Gasteiger partial charge in [0.25, 0.3) is 0 Å². The molecule has 28 heavy (non-hydrogen) atoms. The van der Waals surface area contributed by atoms with E-state index in [9.17, 15) is 9.90 Å². The van der Waals surface area contributed by atoms with Crippen LogP contribution in [0, 0.1) is 5.41 Å². The quantitative estimate of drug-likeness (QED) is 0.737. The Bertz CT molecular complexity index is 835. The number of nitrogens with zero attached hydrogens (tertiary/aromatic N) is 2. The van der Waals surface area contributed by atoms with E-state index in [1.165, 1.54) is 12.0 Å². The number of benzene rings is 1. The van der Waals surface area contributed by atoms with E-state index in [0.717, 1.165) is 37.9 Å². The summed E-state index contributed by atoms with van der Waals surface area (Å²) < 4.78 is 1.96. The van der Waals surface area contributed by atoms with Gasteiger partial charge in [0.2, 0.25) is 0 Å². The molecule has 0 radical (unpaired) electrons. The fraction of sp³-hybridized carbons (Fsp3) is 0.565. The van der Waals surface area contributed by atoms with E-state index >= 15 is 0 Å². The molecule has 150 valence electrons. The lowest BCUT2D eigenvalue weighted by molar-refractivity contribution is 0.0600. The molecule has 0 spiro atoms. The topological polar surface area (TPSA) is 67.2 Å². The van der Waals surface area contributed by atoms with E-state index in [1.54, 1.807) is 6.20 Å². The molecule has 2 aromatic rings. The van der Waals surface area contributed by atoms with Crippen LogP contribution < -0.4 is 5.32 Å². The van der Waals surface area contributed by atoms with Crippen molar-refractivity contribution in [1.82, 2.24) is 9.78 Å². The number of Topliss-reactive ketones (excluding diaryl/α,β-unsaturated/α-hetero) is 1. The van der Waals surface area contributed by atoms with Gasteiger partial charge in [-0.15, -0.1) is 0 Å². The Hall–Kier alpha value is -2.14. The molecule has 5 heteroatoms. The Morgan fingerprint density at radius 3 is 2.61 bits per heavy atom. The zero-order chi connectivity index (χ0) is 19.8. The first kappa shape index (κ1) is 19.2. The van der Waals surface area contributed by atoms with Crippen LogP contribution in [0.25, 0.3) is 0 Å². The number of aliphatic hydroxyl groups is 1. The van der Waals surface area contributed by atoms with Gasteiger partial charge in [-0.3, -0.25) is 4.79 Å². The van der Waals surface area contributed by atoms with E-state index in [2.05, 4.69) is 48.5 Å². The van der Waals surface area contributed by atoms with Crippen LogP contribution in [-0.4, -0.2) is 27.3 Å². The van der Waals surface area contributed by atoms with Gasteiger partial charge in [-0.2, -0.15) is 5.10 Å². The average Bonchev–Trinajstić information content (AvgIpc) is 3.14. The first-order chi connectivity index (χ1) is 13.4. The van der Waals surface area contributed by atoms with Gasteiger partial charge in [-0.05, 0) is 38.7 Å². The van der Waals surface area contributed by atoms with Gasteiger partial charge in [-0.25, -0.2) is 4.68 Å². The molecule has 1 aromatic carbocycles. The average molecular weight is 382 g/mol. The van der Waals surface area contributed by atoms with Gasteiger partial charge >= 0.3 is 0 Å². The summed E-state index contributed by atoms with van der Waals surface area (Å²) >= 11 is 0. The van der Waals surface area contributed by atoms with Crippen LogP contribution in [0.4, 0.5) is 5.82 Å². The summed E-state index contributed by atoms with van der Waals surface area (Å²) in [6.45, 7) is 4.43. The van der Waals surface area contributed by atoms with Crippen LogP contribution in [0.1, 0.15) is 80.8 Å². The SMILES string of the molecule is CC1(C)CC(c2ccccc2)Nc2c(C(=O)CC3(CO)CCCCC3)cnn21. The number of hydrogen-bond acceptors (Lipinski definition) is 4. The van der Waals surface area contributed by atoms with E-state index in [0.29, 0.717) is 12.0 Å². The predicted molar refractivity (Wildman–Crippen MR) is 111 cm³/mol. The van der Waals surface area contributed by atoms with Crippen molar-refractivity contribution < 1.29 is 9.90 Å². The second-order valence-electron chi connectivity index (χ2n) is 9.26.